The standard InChI is InChI=1S/C14H19N3O3S/c1-2-17-21(19,20)11-10-16-14(18)13-8-4-3-6-12(13)7-5-9-15/h3-4,6,8,17H,2,9-11,15H2,1H3,(H,16,18). The van der Waals surface area contributed by atoms with Crippen molar-refractivity contribution in [2.75, 3.05) is 25.4 Å². The molecule has 1 aromatic carbocycles. The zero-order valence-corrected chi connectivity index (χ0v) is 12.7. The third-order valence-electron chi connectivity index (χ3n) is 2.52. The second-order valence-corrected chi connectivity index (χ2v) is 6.05. The number of carbonyl (C=O) groups excluding carboxylic acids is 1. The highest BCUT2D eigenvalue weighted by Gasteiger charge is 2.12. The minimum absolute atomic E-state index is 0.0345. The van der Waals surface area contributed by atoms with Crippen LogP contribution in [0.15, 0.2) is 24.3 Å². The lowest BCUT2D eigenvalue weighted by Gasteiger charge is -2.08. The van der Waals surface area contributed by atoms with Gasteiger partial charge in [0, 0.05) is 18.7 Å². The first-order chi connectivity index (χ1) is 10.00. The van der Waals surface area contributed by atoms with Crippen LogP contribution >= 0.6 is 0 Å². The molecule has 0 unspecified atom stereocenters. The van der Waals surface area contributed by atoms with Crippen molar-refractivity contribution >= 4 is 15.9 Å². The molecule has 6 nitrogen and oxygen atoms in total. The molecule has 0 saturated heterocycles. The zero-order valence-electron chi connectivity index (χ0n) is 11.8. The molecule has 7 heteroatoms. The van der Waals surface area contributed by atoms with E-state index in [1.54, 1.807) is 31.2 Å². The summed E-state index contributed by atoms with van der Waals surface area (Å²) in [5.41, 5.74) is 6.28. The fourth-order valence-electron chi connectivity index (χ4n) is 1.62. The Hall–Kier alpha value is -1.88. The van der Waals surface area contributed by atoms with E-state index in [4.69, 9.17) is 5.73 Å². The average molecular weight is 309 g/mol. The van der Waals surface area contributed by atoms with E-state index in [0.29, 0.717) is 17.7 Å². The molecule has 0 aliphatic heterocycles. The number of hydrogen-bond acceptors (Lipinski definition) is 4. The predicted molar refractivity (Wildman–Crippen MR) is 82.2 cm³/mol. The van der Waals surface area contributed by atoms with Gasteiger partial charge < -0.3 is 11.1 Å². The molecule has 114 valence electrons. The van der Waals surface area contributed by atoms with E-state index >= 15 is 0 Å². The Balaban J connectivity index is 2.69. The van der Waals surface area contributed by atoms with E-state index in [0.717, 1.165) is 0 Å². The summed E-state index contributed by atoms with van der Waals surface area (Å²) in [7, 11) is -3.34. The van der Waals surface area contributed by atoms with Crippen molar-refractivity contribution < 1.29 is 13.2 Å². The molecule has 4 N–H and O–H groups in total. The van der Waals surface area contributed by atoms with Gasteiger partial charge in [0.25, 0.3) is 5.91 Å². The van der Waals surface area contributed by atoms with Crippen LogP contribution in [0.3, 0.4) is 0 Å². The van der Waals surface area contributed by atoms with E-state index in [1.165, 1.54) is 0 Å². The van der Waals surface area contributed by atoms with Crippen molar-refractivity contribution in [2.24, 2.45) is 5.73 Å². The maximum atomic E-state index is 12.0. The fraction of sp³-hybridized carbons (Fsp3) is 0.357. The van der Waals surface area contributed by atoms with Gasteiger partial charge >= 0.3 is 0 Å². The highest BCUT2D eigenvalue weighted by Crippen LogP contribution is 2.06. The lowest BCUT2D eigenvalue weighted by molar-refractivity contribution is 0.0956. The molecule has 0 saturated carbocycles. The summed E-state index contributed by atoms with van der Waals surface area (Å²) >= 11 is 0. The Morgan fingerprint density at radius 2 is 2.05 bits per heavy atom. The number of nitrogens with one attached hydrogen (secondary N) is 2. The number of amides is 1. The molecule has 0 aliphatic rings. The molecule has 0 radical (unpaired) electrons. The Labute approximate surface area is 125 Å². The van der Waals surface area contributed by atoms with Crippen LogP contribution in [-0.4, -0.2) is 39.7 Å². The first kappa shape index (κ1) is 17.2. The van der Waals surface area contributed by atoms with Crippen LogP contribution in [0.25, 0.3) is 0 Å². The number of hydrogen-bond donors (Lipinski definition) is 3. The largest absolute Gasteiger partial charge is 0.351 e. The summed E-state index contributed by atoms with van der Waals surface area (Å²) < 4.78 is 25.3. The monoisotopic (exact) mass is 309 g/mol. The first-order valence-electron chi connectivity index (χ1n) is 6.53. The van der Waals surface area contributed by atoms with Crippen molar-refractivity contribution in [2.45, 2.75) is 6.92 Å². The fourth-order valence-corrected chi connectivity index (χ4v) is 2.58. The maximum absolute atomic E-state index is 12.0. The van der Waals surface area contributed by atoms with Gasteiger partial charge in [-0.15, -0.1) is 0 Å². The molecule has 0 fully saturated rings. The number of benzene rings is 1. The van der Waals surface area contributed by atoms with Crippen LogP contribution in [-0.2, 0) is 10.0 Å². The van der Waals surface area contributed by atoms with Gasteiger partial charge in [0.1, 0.15) is 0 Å². The highest BCUT2D eigenvalue weighted by atomic mass is 32.2. The summed E-state index contributed by atoms with van der Waals surface area (Å²) in [6, 6.07) is 6.84. The average Bonchev–Trinajstić information content (AvgIpc) is 2.45. The van der Waals surface area contributed by atoms with Crippen molar-refractivity contribution in [3.8, 4) is 11.8 Å². The molecule has 0 spiro atoms. The van der Waals surface area contributed by atoms with Crippen molar-refractivity contribution in [3.63, 3.8) is 0 Å². The molecule has 21 heavy (non-hydrogen) atoms. The van der Waals surface area contributed by atoms with Crippen LogP contribution in [0.1, 0.15) is 22.8 Å². The molecule has 1 aromatic rings. The summed E-state index contributed by atoms with van der Waals surface area (Å²) in [4.78, 5) is 12.0. The van der Waals surface area contributed by atoms with Gasteiger partial charge in [0.2, 0.25) is 10.0 Å². The van der Waals surface area contributed by atoms with Crippen LogP contribution in [0, 0.1) is 11.8 Å². The number of nitrogens with two attached hydrogens (primary N) is 1. The van der Waals surface area contributed by atoms with Gasteiger partial charge in [-0.05, 0) is 12.1 Å². The SMILES string of the molecule is CCNS(=O)(=O)CCNC(=O)c1ccccc1C#CCN. The number of sulfonamides is 1. The lowest BCUT2D eigenvalue weighted by Crippen LogP contribution is -2.34. The minimum Gasteiger partial charge on any atom is -0.351 e. The van der Waals surface area contributed by atoms with Gasteiger partial charge in [-0.25, -0.2) is 13.1 Å². The van der Waals surface area contributed by atoms with Crippen LogP contribution in [0.5, 0.6) is 0 Å². The predicted octanol–water partition coefficient (Wildman–Crippen LogP) is -0.334. The van der Waals surface area contributed by atoms with Gasteiger partial charge in [-0.1, -0.05) is 30.9 Å². The zero-order chi connectivity index (χ0) is 15.7. The second-order valence-electron chi connectivity index (χ2n) is 4.12. The third-order valence-corrected chi connectivity index (χ3v) is 3.99. The van der Waals surface area contributed by atoms with Gasteiger partial charge in [0.05, 0.1) is 17.9 Å². The van der Waals surface area contributed by atoms with Crippen LogP contribution in [0.2, 0.25) is 0 Å². The number of rotatable bonds is 6. The molecule has 0 heterocycles. The van der Waals surface area contributed by atoms with Crippen LogP contribution < -0.4 is 15.8 Å². The van der Waals surface area contributed by atoms with Gasteiger partial charge in [0.15, 0.2) is 0 Å². The normalized spacial score (nSPS) is 10.6. The molecule has 1 rings (SSSR count). The molecule has 1 amide bonds. The Morgan fingerprint density at radius 3 is 2.71 bits per heavy atom. The van der Waals surface area contributed by atoms with E-state index in [9.17, 15) is 13.2 Å². The smallest absolute Gasteiger partial charge is 0.252 e. The highest BCUT2D eigenvalue weighted by molar-refractivity contribution is 7.89. The van der Waals surface area contributed by atoms with Crippen molar-refractivity contribution in [3.05, 3.63) is 35.4 Å². The van der Waals surface area contributed by atoms with Crippen molar-refractivity contribution in [1.29, 1.82) is 0 Å². The van der Waals surface area contributed by atoms with E-state index in [2.05, 4.69) is 21.9 Å². The lowest BCUT2D eigenvalue weighted by atomic mass is 10.1. The minimum atomic E-state index is -3.34. The Bertz CT molecular complexity index is 645. The third kappa shape index (κ3) is 5.95. The summed E-state index contributed by atoms with van der Waals surface area (Å²) in [5.74, 6) is 4.98. The van der Waals surface area contributed by atoms with Crippen molar-refractivity contribution in [1.82, 2.24) is 10.0 Å². The second kappa shape index (κ2) is 8.42. The summed E-state index contributed by atoms with van der Waals surface area (Å²) in [5, 5.41) is 2.57. The summed E-state index contributed by atoms with van der Waals surface area (Å²) in [6.07, 6.45) is 0. The van der Waals surface area contributed by atoms with E-state index < -0.39 is 10.0 Å². The molecule has 0 aliphatic carbocycles. The number of carbonyl (C=O) groups is 1. The molecular formula is C14H19N3O3S. The van der Waals surface area contributed by atoms with E-state index in [-0.39, 0.29) is 24.7 Å². The van der Waals surface area contributed by atoms with Crippen LogP contribution in [0.4, 0.5) is 0 Å². The molecule has 0 bridgehead atoms. The summed E-state index contributed by atoms with van der Waals surface area (Å²) in [6.45, 7) is 2.26. The Kier molecular flexibility index (Phi) is 6.88. The maximum Gasteiger partial charge on any atom is 0.252 e. The molecule has 0 atom stereocenters. The molecular weight excluding hydrogens is 290 g/mol. The topological polar surface area (TPSA) is 101 Å². The first-order valence-corrected chi connectivity index (χ1v) is 8.19. The van der Waals surface area contributed by atoms with Gasteiger partial charge in [-0.3, -0.25) is 4.79 Å². The Morgan fingerprint density at radius 1 is 1.33 bits per heavy atom. The van der Waals surface area contributed by atoms with Gasteiger partial charge in [-0.2, -0.15) is 0 Å². The van der Waals surface area contributed by atoms with E-state index in [1.807, 2.05) is 0 Å². The quantitative estimate of drug-likeness (QED) is 0.626. The molecule has 0 aromatic heterocycles.